The molecule has 24 heavy (non-hydrogen) atoms. The van der Waals surface area contributed by atoms with Crippen molar-refractivity contribution in [2.45, 2.75) is 30.6 Å². The van der Waals surface area contributed by atoms with E-state index in [1.54, 1.807) is 30.3 Å². The maximum absolute atomic E-state index is 12.6. The maximum atomic E-state index is 12.6. The number of aromatic nitrogens is 1. The van der Waals surface area contributed by atoms with E-state index in [1.165, 1.54) is 18.2 Å². The lowest BCUT2D eigenvalue weighted by molar-refractivity contribution is 0.600. The molecule has 0 radical (unpaired) electrons. The van der Waals surface area contributed by atoms with Gasteiger partial charge in [0.25, 0.3) is 10.0 Å². The number of nitrogens with one attached hydrogen (secondary N) is 2. The monoisotopic (exact) mass is 343 g/mol. The number of hydrogen-bond acceptors (Lipinski definition) is 4. The molecular weight excluding hydrogens is 322 g/mol. The first-order valence-electron chi connectivity index (χ1n) is 8.04. The van der Waals surface area contributed by atoms with Gasteiger partial charge in [-0.15, -0.1) is 6.58 Å². The van der Waals surface area contributed by atoms with Gasteiger partial charge in [0.15, 0.2) is 0 Å². The molecule has 0 amide bonds. The third-order valence-corrected chi connectivity index (χ3v) is 5.45. The zero-order valence-electron chi connectivity index (χ0n) is 13.5. The summed E-state index contributed by atoms with van der Waals surface area (Å²) in [6.07, 6.45) is 7.51. The first-order valence-corrected chi connectivity index (χ1v) is 9.52. The van der Waals surface area contributed by atoms with E-state index in [1.807, 2.05) is 6.07 Å². The van der Waals surface area contributed by atoms with Gasteiger partial charge in [0.05, 0.1) is 16.8 Å². The number of anilines is 2. The number of aryl methyl sites for hydroxylation is 2. The predicted molar refractivity (Wildman–Crippen MR) is 96.8 cm³/mol. The fourth-order valence-corrected chi connectivity index (χ4v) is 3.92. The Morgan fingerprint density at radius 1 is 1.12 bits per heavy atom. The van der Waals surface area contributed by atoms with Crippen LogP contribution in [0.2, 0.25) is 0 Å². The SMILES string of the molecule is C=CCNc1ccc(NS(=O)(=O)c2ccc3c(c2)CCCC3)cn1. The Morgan fingerprint density at radius 3 is 2.62 bits per heavy atom. The molecule has 0 saturated heterocycles. The number of pyridine rings is 1. The number of benzene rings is 1. The van der Waals surface area contributed by atoms with Crippen LogP contribution in [0.5, 0.6) is 0 Å². The van der Waals surface area contributed by atoms with Crippen LogP contribution in [0, 0.1) is 0 Å². The van der Waals surface area contributed by atoms with Crippen molar-refractivity contribution in [2.75, 3.05) is 16.6 Å². The van der Waals surface area contributed by atoms with E-state index in [0.29, 0.717) is 22.9 Å². The summed E-state index contributed by atoms with van der Waals surface area (Å²) in [7, 11) is -3.60. The van der Waals surface area contributed by atoms with Gasteiger partial charge in [-0.25, -0.2) is 13.4 Å². The van der Waals surface area contributed by atoms with Gasteiger partial charge in [0, 0.05) is 6.54 Å². The molecule has 0 aliphatic heterocycles. The number of hydrogen-bond donors (Lipinski definition) is 2. The topological polar surface area (TPSA) is 71.1 Å². The summed E-state index contributed by atoms with van der Waals surface area (Å²) in [5.74, 6) is 0.673. The molecule has 0 saturated carbocycles. The number of fused-ring (bicyclic) bond motifs is 1. The van der Waals surface area contributed by atoms with Crippen molar-refractivity contribution in [1.82, 2.24) is 4.98 Å². The minimum Gasteiger partial charge on any atom is -0.367 e. The fraction of sp³-hybridized carbons (Fsp3) is 0.278. The maximum Gasteiger partial charge on any atom is 0.261 e. The van der Waals surface area contributed by atoms with Gasteiger partial charge in [-0.3, -0.25) is 4.72 Å². The Hall–Kier alpha value is -2.34. The molecule has 1 aliphatic carbocycles. The largest absolute Gasteiger partial charge is 0.367 e. The summed E-state index contributed by atoms with van der Waals surface area (Å²) in [6.45, 7) is 4.23. The highest BCUT2D eigenvalue weighted by atomic mass is 32.2. The van der Waals surface area contributed by atoms with Crippen molar-refractivity contribution in [1.29, 1.82) is 0 Å². The lowest BCUT2D eigenvalue weighted by Gasteiger charge is -2.17. The van der Waals surface area contributed by atoms with Crippen LogP contribution in [0.3, 0.4) is 0 Å². The molecule has 6 heteroatoms. The lowest BCUT2D eigenvalue weighted by Crippen LogP contribution is -2.14. The molecule has 0 atom stereocenters. The van der Waals surface area contributed by atoms with Gasteiger partial charge in [-0.05, 0) is 61.1 Å². The van der Waals surface area contributed by atoms with E-state index >= 15 is 0 Å². The molecule has 0 spiro atoms. The first-order chi connectivity index (χ1) is 11.6. The Kier molecular flexibility index (Phi) is 4.85. The van der Waals surface area contributed by atoms with E-state index in [-0.39, 0.29) is 0 Å². The molecule has 1 aromatic carbocycles. The molecule has 1 aliphatic rings. The van der Waals surface area contributed by atoms with Crippen molar-refractivity contribution < 1.29 is 8.42 Å². The van der Waals surface area contributed by atoms with Crippen LogP contribution in [0.25, 0.3) is 0 Å². The van der Waals surface area contributed by atoms with Crippen molar-refractivity contribution in [3.63, 3.8) is 0 Å². The van der Waals surface area contributed by atoms with Crippen LogP contribution in [0.15, 0.2) is 54.1 Å². The van der Waals surface area contributed by atoms with Crippen molar-refractivity contribution in [2.24, 2.45) is 0 Å². The normalized spacial score (nSPS) is 13.8. The zero-order valence-corrected chi connectivity index (χ0v) is 14.3. The molecule has 0 fully saturated rings. The summed E-state index contributed by atoms with van der Waals surface area (Å²) in [5.41, 5.74) is 2.85. The molecule has 2 N–H and O–H groups in total. The smallest absolute Gasteiger partial charge is 0.261 e. The van der Waals surface area contributed by atoms with E-state index in [9.17, 15) is 8.42 Å². The van der Waals surface area contributed by atoms with Crippen LogP contribution < -0.4 is 10.0 Å². The quantitative estimate of drug-likeness (QED) is 0.789. The van der Waals surface area contributed by atoms with Crippen molar-refractivity contribution in [3.05, 3.63) is 60.3 Å². The molecular formula is C18H21N3O2S. The minimum absolute atomic E-state index is 0.303. The lowest BCUT2D eigenvalue weighted by atomic mass is 9.92. The third kappa shape index (κ3) is 3.76. The number of rotatable bonds is 6. The van der Waals surface area contributed by atoms with Crippen LogP contribution in [0.1, 0.15) is 24.0 Å². The molecule has 2 aromatic rings. The van der Waals surface area contributed by atoms with Gasteiger partial charge in [0.2, 0.25) is 0 Å². The van der Waals surface area contributed by atoms with Gasteiger partial charge in [0.1, 0.15) is 5.82 Å². The Balaban J connectivity index is 1.77. The molecule has 5 nitrogen and oxygen atoms in total. The van der Waals surface area contributed by atoms with Crippen LogP contribution >= 0.6 is 0 Å². The summed E-state index contributed by atoms with van der Waals surface area (Å²) in [4.78, 5) is 4.48. The summed E-state index contributed by atoms with van der Waals surface area (Å²) < 4.78 is 27.7. The Bertz CT molecular complexity index is 830. The number of sulfonamides is 1. The Labute approximate surface area is 142 Å². The highest BCUT2D eigenvalue weighted by Gasteiger charge is 2.18. The van der Waals surface area contributed by atoms with Gasteiger partial charge < -0.3 is 5.32 Å². The van der Waals surface area contributed by atoms with Gasteiger partial charge >= 0.3 is 0 Å². The zero-order chi connectivity index (χ0) is 17.0. The molecule has 0 bridgehead atoms. The third-order valence-electron chi connectivity index (χ3n) is 4.07. The van der Waals surface area contributed by atoms with E-state index in [4.69, 9.17) is 0 Å². The molecule has 126 valence electrons. The van der Waals surface area contributed by atoms with E-state index in [2.05, 4.69) is 21.6 Å². The van der Waals surface area contributed by atoms with Crippen LogP contribution in [-0.2, 0) is 22.9 Å². The van der Waals surface area contributed by atoms with Crippen LogP contribution in [-0.4, -0.2) is 19.9 Å². The Morgan fingerprint density at radius 2 is 1.92 bits per heavy atom. The minimum atomic E-state index is -3.60. The van der Waals surface area contributed by atoms with Crippen molar-refractivity contribution >= 4 is 21.5 Å². The summed E-state index contributed by atoms with van der Waals surface area (Å²) in [5, 5.41) is 3.04. The molecule has 1 heterocycles. The van der Waals surface area contributed by atoms with E-state index in [0.717, 1.165) is 24.8 Å². The fourth-order valence-electron chi connectivity index (χ4n) is 2.83. The standard InChI is InChI=1S/C18H21N3O2S/c1-2-11-19-18-10-8-16(13-20-18)21-24(22,23)17-9-7-14-5-3-4-6-15(14)12-17/h2,7-10,12-13,21H,1,3-6,11H2,(H,19,20). The second-order valence-electron chi connectivity index (χ2n) is 5.84. The van der Waals surface area contributed by atoms with Gasteiger partial charge in [-0.2, -0.15) is 0 Å². The average molecular weight is 343 g/mol. The number of nitrogens with zero attached hydrogens (tertiary/aromatic N) is 1. The van der Waals surface area contributed by atoms with Crippen molar-refractivity contribution in [3.8, 4) is 0 Å². The first kappa shape index (κ1) is 16.5. The predicted octanol–water partition coefficient (Wildman–Crippen LogP) is 3.36. The average Bonchev–Trinajstić information content (AvgIpc) is 2.60. The highest BCUT2D eigenvalue weighted by molar-refractivity contribution is 7.92. The second-order valence-corrected chi connectivity index (χ2v) is 7.53. The highest BCUT2D eigenvalue weighted by Crippen LogP contribution is 2.25. The summed E-state index contributed by atoms with van der Waals surface area (Å²) >= 11 is 0. The second kappa shape index (κ2) is 7.05. The molecule has 1 aromatic heterocycles. The summed E-state index contributed by atoms with van der Waals surface area (Å²) in [6, 6.07) is 8.83. The van der Waals surface area contributed by atoms with E-state index < -0.39 is 10.0 Å². The molecule has 0 unspecified atom stereocenters. The van der Waals surface area contributed by atoms with Gasteiger partial charge in [-0.1, -0.05) is 12.1 Å². The van der Waals surface area contributed by atoms with Crippen LogP contribution in [0.4, 0.5) is 11.5 Å². The molecule has 3 rings (SSSR count).